The number of nitrogens with zero attached hydrogens (tertiary/aromatic N) is 2. The third-order valence-corrected chi connectivity index (χ3v) is 12.2. The standard InChI is InChI=1S/C46H34N2O9S/c49-40-32-21-23-34-39-35(24-22-33(38(32)39)41(50)47(40)36(44(53)54)26-57-25-28-13-5-1-6-14-28)43(52)48(42(34)51)37(45(55)56)27-58-46(29-15-7-2-8-16-29,30-17-9-3-10-18-30)31-19-11-4-12-20-31/h1-24,36-37H,25-27H2,(H,53,54)(H,55,56)/t36-,37-/m0/s1. The zero-order valence-corrected chi connectivity index (χ0v) is 31.5. The van der Waals surface area contributed by atoms with Crippen molar-refractivity contribution in [3.8, 4) is 0 Å². The second kappa shape index (κ2) is 15.6. The van der Waals surface area contributed by atoms with Crippen molar-refractivity contribution in [1.82, 2.24) is 9.80 Å². The van der Waals surface area contributed by atoms with Gasteiger partial charge in [-0.3, -0.25) is 29.0 Å². The predicted octanol–water partition coefficient (Wildman–Crippen LogP) is 6.88. The highest BCUT2D eigenvalue weighted by Gasteiger charge is 2.47. The summed E-state index contributed by atoms with van der Waals surface area (Å²) in [6.07, 6.45) is 0. The lowest BCUT2D eigenvalue weighted by molar-refractivity contribution is -0.144. The molecule has 0 unspecified atom stereocenters. The summed E-state index contributed by atoms with van der Waals surface area (Å²) in [7, 11) is 0. The normalized spacial score (nSPS) is 14.8. The first-order valence-corrected chi connectivity index (χ1v) is 19.4. The van der Waals surface area contributed by atoms with Crippen molar-refractivity contribution < 1.29 is 43.7 Å². The number of hydrogen-bond donors (Lipinski definition) is 2. The first-order chi connectivity index (χ1) is 28.1. The van der Waals surface area contributed by atoms with Crippen LogP contribution in [-0.2, 0) is 25.7 Å². The smallest absolute Gasteiger partial charge is 0.329 e. The quantitative estimate of drug-likeness (QED) is 0.0880. The van der Waals surface area contributed by atoms with E-state index in [-0.39, 0.29) is 45.4 Å². The second-order valence-electron chi connectivity index (χ2n) is 13.8. The minimum Gasteiger partial charge on any atom is -0.480 e. The van der Waals surface area contributed by atoms with Crippen LogP contribution in [0.5, 0.6) is 0 Å². The fourth-order valence-corrected chi connectivity index (χ4v) is 9.43. The van der Waals surface area contributed by atoms with Crippen LogP contribution in [-0.4, -0.2) is 80.0 Å². The number of carboxylic acid groups (broad SMARTS) is 2. The summed E-state index contributed by atoms with van der Waals surface area (Å²) in [5.74, 6) is -6.75. The van der Waals surface area contributed by atoms with Crippen LogP contribution in [0.2, 0.25) is 0 Å². The Bertz CT molecular complexity index is 2440. The molecule has 0 saturated carbocycles. The van der Waals surface area contributed by atoms with E-state index in [9.17, 15) is 39.0 Å². The maximum absolute atomic E-state index is 14.4. The molecular formula is C46H34N2O9S. The Morgan fingerprint density at radius 1 is 0.517 bits per heavy atom. The third kappa shape index (κ3) is 6.42. The van der Waals surface area contributed by atoms with Gasteiger partial charge in [-0.05, 0) is 46.5 Å². The van der Waals surface area contributed by atoms with Gasteiger partial charge in [0, 0.05) is 38.8 Å². The number of hydrogen-bond acceptors (Lipinski definition) is 8. The molecule has 0 aliphatic carbocycles. The van der Waals surface area contributed by atoms with Gasteiger partial charge < -0.3 is 14.9 Å². The monoisotopic (exact) mass is 790 g/mol. The Balaban J connectivity index is 1.14. The number of rotatable bonds is 14. The summed E-state index contributed by atoms with van der Waals surface area (Å²) in [6.45, 7) is -0.445. The Morgan fingerprint density at radius 3 is 1.22 bits per heavy atom. The van der Waals surface area contributed by atoms with Crippen molar-refractivity contribution in [2.24, 2.45) is 0 Å². The molecule has 2 aliphatic rings. The van der Waals surface area contributed by atoms with E-state index >= 15 is 0 Å². The molecule has 8 rings (SSSR count). The summed E-state index contributed by atoms with van der Waals surface area (Å²) in [5.41, 5.74) is 3.05. The van der Waals surface area contributed by atoms with Gasteiger partial charge in [-0.25, -0.2) is 9.59 Å². The van der Waals surface area contributed by atoms with Gasteiger partial charge in [0.05, 0.1) is 18.0 Å². The van der Waals surface area contributed by atoms with Gasteiger partial charge in [0.25, 0.3) is 23.6 Å². The molecule has 4 amide bonds. The molecule has 0 fully saturated rings. The van der Waals surface area contributed by atoms with Gasteiger partial charge >= 0.3 is 11.9 Å². The molecule has 11 nitrogen and oxygen atoms in total. The van der Waals surface area contributed by atoms with Gasteiger partial charge in [0.15, 0.2) is 6.04 Å². The van der Waals surface area contributed by atoms with E-state index < -0.39 is 59.0 Å². The molecule has 0 aromatic heterocycles. The van der Waals surface area contributed by atoms with Crippen LogP contribution in [0.3, 0.4) is 0 Å². The van der Waals surface area contributed by atoms with E-state index in [0.717, 1.165) is 27.2 Å². The molecule has 288 valence electrons. The fraction of sp³-hybridized carbons (Fsp3) is 0.130. The molecule has 0 spiro atoms. The van der Waals surface area contributed by atoms with Gasteiger partial charge in [-0.1, -0.05) is 121 Å². The number of aliphatic carboxylic acids is 2. The molecule has 6 aromatic rings. The van der Waals surface area contributed by atoms with E-state index in [1.54, 1.807) is 24.3 Å². The Morgan fingerprint density at radius 2 is 0.862 bits per heavy atom. The SMILES string of the molecule is O=C(O)[C@H](COCc1ccccc1)N1C(=O)c2ccc3c4c(ccc(c24)C1=O)C(=O)N([C@@H](CSC(c1ccccc1)(c1ccccc1)c1ccccc1)C(=O)O)C3=O. The van der Waals surface area contributed by atoms with Crippen LogP contribution in [0.15, 0.2) is 146 Å². The lowest BCUT2D eigenvalue weighted by atomic mass is 9.84. The van der Waals surface area contributed by atoms with Crippen molar-refractivity contribution in [3.63, 3.8) is 0 Å². The van der Waals surface area contributed by atoms with Gasteiger partial charge in [-0.15, -0.1) is 11.8 Å². The molecule has 2 heterocycles. The van der Waals surface area contributed by atoms with E-state index in [4.69, 9.17) is 4.74 Å². The highest BCUT2D eigenvalue weighted by atomic mass is 32.2. The molecule has 2 aliphatic heterocycles. The van der Waals surface area contributed by atoms with Gasteiger partial charge in [-0.2, -0.15) is 0 Å². The lowest BCUT2D eigenvalue weighted by Gasteiger charge is -2.38. The first-order valence-electron chi connectivity index (χ1n) is 18.4. The van der Waals surface area contributed by atoms with Gasteiger partial charge in [0.1, 0.15) is 6.04 Å². The summed E-state index contributed by atoms with van der Waals surface area (Å²) in [6, 6.07) is 39.7. The van der Waals surface area contributed by atoms with Crippen LogP contribution in [0.25, 0.3) is 10.8 Å². The molecular weight excluding hydrogens is 757 g/mol. The van der Waals surface area contributed by atoms with Crippen LogP contribution in [0.4, 0.5) is 0 Å². The second-order valence-corrected chi connectivity index (χ2v) is 15.1. The highest BCUT2D eigenvalue weighted by molar-refractivity contribution is 8.00. The number of carboxylic acids is 2. The summed E-state index contributed by atoms with van der Waals surface area (Å²) in [4.78, 5) is 83.9. The largest absolute Gasteiger partial charge is 0.480 e. The summed E-state index contributed by atoms with van der Waals surface area (Å²) in [5, 5.41) is 21.0. The van der Waals surface area contributed by atoms with E-state index in [1.165, 1.54) is 36.0 Å². The maximum Gasteiger partial charge on any atom is 0.329 e. The Kier molecular flexibility index (Phi) is 10.2. The third-order valence-electron chi connectivity index (χ3n) is 10.5. The highest BCUT2D eigenvalue weighted by Crippen LogP contribution is 2.49. The Labute approximate surface area is 336 Å². The van der Waals surface area contributed by atoms with Crippen molar-refractivity contribution in [3.05, 3.63) is 190 Å². The summed E-state index contributed by atoms with van der Waals surface area (Å²) < 4.78 is 4.69. The minimum atomic E-state index is -1.68. The molecule has 0 saturated heterocycles. The molecule has 2 atom stereocenters. The molecule has 12 heteroatoms. The molecule has 0 bridgehead atoms. The van der Waals surface area contributed by atoms with Crippen LogP contribution in [0.1, 0.15) is 63.7 Å². The number of benzene rings is 6. The molecule has 2 N–H and O–H groups in total. The maximum atomic E-state index is 14.4. The first kappa shape index (κ1) is 38.0. The molecule has 0 radical (unpaired) electrons. The van der Waals surface area contributed by atoms with Crippen LogP contribution < -0.4 is 0 Å². The van der Waals surface area contributed by atoms with E-state index in [1.807, 2.05) is 97.1 Å². The van der Waals surface area contributed by atoms with Crippen molar-refractivity contribution >= 4 is 58.1 Å². The number of ether oxygens (including phenoxy) is 1. The zero-order chi connectivity index (χ0) is 40.6. The minimum absolute atomic E-state index is 0.0226. The van der Waals surface area contributed by atoms with Gasteiger partial charge in [0.2, 0.25) is 0 Å². The average molecular weight is 791 g/mol. The number of imide groups is 2. The Hall–Kier alpha value is -6.89. The van der Waals surface area contributed by atoms with Crippen molar-refractivity contribution in [2.75, 3.05) is 12.4 Å². The fourth-order valence-electron chi connectivity index (χ4n) is 7.83. The van der Waals surface area contributed by atoms with Crippen LogP contribution in [0, 0.1) is 0 Å². The van der Waals surface area contributed by atoms with Crippen LogP contribution >= 0.6 is 11.8 Å². The zero-order valence-electron chi connectivity index (χ0n) is 30.7. The molecule has 6 aromatic carbocycles. The van der Waals surface area contributed by atoms with E-state index in [0.29, 0.717) is 4.90 Å². The topological polar surface area (TPSA) is 159 Å². The predicted molar refractivity (Wildman–Crippen MR) is 216 cm³/mol. The van der Waals surface area contributed by atoms with Crippen molar-refractivity contribution in [1.29, 1.82) is 0 Å². The summed E-state index contributed by atoms with van der Waals surface area (Å²) >= 11 is 1.28. The average Bonchev–Trinajstić information content (AvgIpc) is 3.25. The number of thioether (sulfide) groups is 1. The lowest BCUT2D eigenvalue weighted by Crippen LogP contribution is -2.54. The number of carbonyl (C=O) groups excluding carboxylic acids is 4. The number of amides is 4. The molecule has 58 heavy (non-hydrogen) atoms. The van der Waals surface area contributed by atoms with E-state index in [2.05, 4.69) is 0 Å². The number of carbonyl (C=O) groups is 6. The van der Waals surface area contributed by atoms with Crippen molar-refractivity contribution in [2.45, 2.75) is 23.4 Å².